The van der Waals surface area contributed by atoms with Crippen molar-refractivity contribution < 1.29 is 4.39 Å². The van der Waals surface area contributed by atoms with Gasteiger partial charge < -0.3 is 10.6 Å². The molecule has 1 aromatic rings. The number of nitrogens with one attached hydrogen (secondary N) is 2. The molecule has 0 bridgehead atoms. The minimum Gasteiger partial charge on any atom is -0.357 e. The van der Waals surface area contributed by atoms with Crippen LogP contribution in [-0.4, -0.2) is 25.1 Å². The van der Waals surface area contributed by atoms with Crippen LogP contribution >= 0.6 is 0 Å². The van der Waals surface area contributed by atoms with Gasteiger partial charge in [0, 0.05) is 18.0 Å². The molecule has 2 rings (SSSR count). The van der Waals surface area contributed by atoms with Gasteiger partial charge in [-0.25, -0.2) is 4.39 Å². The number of aliphatic imine (C=N–C) groups is 1. The van der Waals surface area contributed by atoms with Crippen molar-refractivity contribution in [3.63, 3.8) is 0 Å². The van der Waals surface area contributed by atoms with Crippen molar-refractivity contribution in [2.45, 2.75) is 45.6 Å². The molecule has 1 aliphatic carbocycles. The van der Waals surface area contributed by atoms with Gasteiger partial charge in [0.2, 0.25) is 0 Å². The summed E-state index contributed by atoms with van der Waals surface area (Å²) in [5.74, 6) is 1.39. The molecule has 0 saturated heterocycles. The molecule has 4 heteroatoms. The van der Waals surface area contributed by atoms with Crippen LogP contribution in [0.5, 0.6) is 0 Å². The first-order valence-electron chi connectivity index (χ1n) is 7.73. The molecule has 2 atom stereocenters. The molecule has 116 valence electrons. The number of nitrogens with zero attached hydrogens (tertiary/aromatic N) is 1. The van der Waals surface area contributed by atoms with Crippen LogP contribution in [0.1, 0.15) is 39.7 Å². The highest BCUT2D eigenvalue weighted by molar-refractivity contribution is 5.80. The van der Waals surface area contributed by atoms with E-state index < -0.39 is 0 Å². The fourth-order valence-electron chi connectivity index (χ4n) is 2.30. The molecule has 1 saturated carbocycles. The normalized spacial score (nSPS) is 22.0. The van der Waals surface area contributed by atoms with Crippen LogP contribution in [0.4, 0.5) is 4.39 Å². The van der Waals surface area contributed by atoms with Crippen LogP contribution in [0.2, 0.25) is 0 Å². The van der Waals surface area contributed by atoms with E-state index in [-0.39, 0.29) is 11.2 Å². The molecule has 2 N–H and O–H groups in total. The van der Waals surface area contributed by atoms with E-state index >= 15 is 0 Å². The summed E-state index contributed by atoms with van der Waals surface area (Å²) in [6, 6.07) is 7.33. The minimum atomic E-state index is -0.195. The van der Waals surface area contributed by atoms with Crippen molar-refractivity contribution in [1.29, 1.82) is 0 Å². The number of benzene rings is 1. The fourth-order valence-corrected chi connectivity index (χ4v) is 2.30. The molecule has 2 unspecified atom stereocenters. The topological polar surface area (TPSA) is 36.4 Å². The Kier molecular flexibility index (Phi) is 4.86. The molecule has 0 spiro atoms. The van der Waals surface area contributed by atoms with Crippen LogP contribution in [0.15, 0.2) is 29.3 Å². The van der Waals surface area contributed by atoms with E-state index in [1.54, 1.807) is 12.1 Å². The summed E-state index contributed by atoms with van der Waals surface area (Å²) >= 11 is 0. The first kappa shape index (κ1) is 15.8. The summed E-state index contributed by atoms with van der Waals surface area (Å²) in [5, 5.41) is 6.72. The summed E-state index contributed by atoms with van der Waals surface area (Å²) in [6.45, 7) is 9.94. The van der Waals surface area contributed by atoms with Crippen molar-refractivity contribution in [2.75, 3.05) is 13.1 Å². The zero-order valence-corrected chi connectivity index (χ0v) is 13.4. The average molecular weight is 291 g/mol. The zero-order chi connectivity index (χ0) is 15.5. The van der Waals surface area contributed by atoms with Gasteiger partial charge in [-0.05, 0) is 37.0 Å². The van der Waals surface area contributed by atoms with E-state index in [1.165, 1.54) is 12.5 Å². The first-order chi connectivity index (χ1) is 9.92. The van der Waals surface area contributed by atoms with Gasteiger partial charge >= 0.3 is 0 Å². The third-order valence-electron chi connectivity index (χ3n) is 4.01. The van der Waals surface area contributed by atoms with Crippen LogP contribution in [0, 0.1) is 11.7 Å². The van der Waals surface area contributed by atoms with Gasteiger partial charge in [-0.2, -0.15) is 0 Å². The lowest BCUT2D eigenvalue weighted by atomic mass is 9.85. The lowest BCUT2D eigenvalue weighted by Crippen LogP contribution is -2.40. The Labute approximate surface area is 127 Å². The van der Waals surface area contributed by atoms with E-state index in [0.717, 1.165) is 24.0 Å². The lowest BCUT2D eigenvalue weighted by molar-refractivity contribution is 0.529. The van der Waals surface area contributed by atoms with Gasteiger partial charge in [-0.1, -0.05) is 32.9 Å². The van der Waals surface area contributed by atoms with Crippen LogP contribution < -0.4 is 10.6 Å². The summed E-state index contributed by atoms with van der Waals surface area (Å²) in [5.41, 5.74) is 0.779. The third-order valence-corrected chi connectivity index (χ3v) is 4.01. The van der Waals surface area contributed by atoms with Crippen molar-refractivity contribution in [3.8, 4) is 0 Å². The Hall–Kier alpha value is -1.58. The maximum Gasteiger partial charge on any atom is 0.191 e. The molecular weight excluding hydrogens is 265 g/mol. The quantitative estimate of drug-likeness (QED) is 0.646. The molecule has 0 radical (unpaired) electrons. The van der Waals surface area contributed by atoms with Crippen LogP contribution in [-0.2, 0) is 5.41 Å². The van der Waals surface area contributed by atoms with Crippen molar-refractivity contribution >= 4 is 5.96 Å². The van der Waals surface area contributed by atoms with Crippen LogP contribution in [0.3, 0.4) is 0 Å². The molecule has 0 heterocycles. The molecule has 21 heavy (non-hydrogen) atoms. The van der Waals surface area contributed by atoms with Crippen molar-refractivity contribution in [3.05, 3.63) is 35.6 Å². The van der Waals surface area contributed by atoms with E-state index in [0.29, 0.717) is 12.6 Å². The number of guanidine groups is 1. The fraction of sp³-hybridized carbons (Fsp3) is 0.588. The Morgan fingerprint density at radius 2 is 2.14 bits per heavy atom. The predicted octanol–water partition coefficient (Wildman–Crippen LogP) is 3.07. The molecule has 0 aliphatic heterocycles. The Morgan fingerprint density at radius 3 is 2.71 bits per heavy atom. The molecule has 3 nitrogen and oxygen atoms in total. The number of hydrogen-bond donors (Lipinski definition) is 2. The molecule has 1 fully saturated rings. The number of hydrogen-bond acceptors (Lipinski definition) is 1. The predicted molar refractivity (Wildman–Crippen MR) is 86.1 cm³/mol. The monoisotopic (exact) mass is 291 g/mol. The average Bonchev–Trinajstić information content (AvgIpc) is 3.12. The van der Waals surface area contributed by atoms with Gasteiger partial charge in [-0.15, -0.1) is 0 Å². The van der Waals surface area contributed by atoms with E-state index in [9.17, 15) is 4.39 Å². The summed E-state index contributed by atoms with van der Waals surface area (Å²) in [7, 11) is 0. The van der Waals surface area contributed by atoms with E-state index in [1.807, 2.05) is 6.07 Å². The smallest absolute Gasteiger partial charge is 0.191 e. The standard InChI is InChI=1S/C17H26FN3/c1-5-19-16(21-15-9-12(15)2)20-11-17(3,4)13-7-6-8-14(18)10-13/h6-8,10,12,15H,5,9,11H2,1-4H3,(H2,19,20,21). The highest BCUT2D eigenvalue weighted by Crippen LogP contribution is 2.29. The van der Waals surface area contributed by atoms with Gasteiger partial charge in [0.05, 0.1) is 6.54 Å². The Morgan fingerprint density at radius 1 is 1.43 bits per heavy atom. The van der Waals surface area contributed by atoms with Gasteiger partial charge in [-0.3, -0.25) is 4.99 Å². The molecule has 0 aromatic heterocycles. The number of halogens is 1. The van der Waals surface area contributed by atoms with E-state index in [4.69, 9.17) is 0 Å². The van der Waals surface area contributed by atoms with Crippen molar-refractivity contribution in [2.24, 2.45) is 10.9 Å². The van der Waals surface area contributed by atoms with Gasteiger partial charge in [0.25, 0.3) is 0 Å². The van der Waals surface area contributed by atoms with Crippen LogP contribution in [0.25, 0.3) is 0 Å². The van der Waals surface area contributed by atoms with Gasteiger partial charge in [0.15, 0.2) is 5.96 Å². The molecule has 0 amide bonds. The number of rotatable bonds is 5. The molecule has 1 aromatic carbocycles. The minimum absolute atomic E-state index is 0.193. The zero-order valence-electron chi connectivity index (χ0n) is 13.4. The summed E-state index contributed by atoms with van der Waals surface area (Å²) < 4.78 is 13.4. The highest BCUT2D eigenvalue weighted by atomic mass is 19.1. The largest absolute Gasteiger partial charge is 0.357 e. The third kappa shape index (κ3) is 4.45. The maximum atomic E-state index is 13.4. The Balaban J connectivity index is 2.04. The van der Waals surface area contributed by atoms with Crippen molar-refractivity contribution in [1.82, 2.24) is 10.6 Å². The summed E-state index contributed by atoms with van der Waals surface area (Å²) in [6.07, 6.45) is 1.21. The van der Waals surface area contributed by atoms with Gasteiger partial charge in [0.1, 0.15) is 5.82 Å². The second-order valence-electron chi connectivity index (χ2n) is 6.55. The second kappa shape index (κ2) is 6.46. The second-order valence-corrected chi connectivity index (χ2v) is 6.55. The lowest BCUT2D eigenvalue weighted by Gasteiger charge is -2.24. The Bertz CT molecular complexity index is 511. The maximum absolute atomic E-state index is 13.4. The highest BCUT2D eigenvalue weighted by Gasteiger charge is 2.33. The molecule has 1 aliphatic rings. The summed E-state index contributed by atoms with van der Waals surface area (Å²) in [4.78, 5) is 4.68. The SMILES string of the molecule is CCNC(=NCC(C)(C)c1cccc(F)c1)NC1CC1C. The molecular formula is C17H26FN3. The van der Waals surface area contributed by atoms with E-state index in [2.05, 4.69) is 43.3 Å². The first-order valence-corrected chi connectivity index (χ1v) is 7.73.